The van der Waals surface area contributed by atoms with Gasteiger partial charge in [-0.2, -0.15) is 0 Å². The van der Waals surface area contributed by atoms with Gasteiger partial charge in [-0.05, 0) is 72.0 Å². The molecule has 0 heterocycles. The van der Waals surface area contributed by atoms with Gasteiger partial charge in [-0.1, -0.05) is 18.6 Å². The molecule has 0 spiro atoms. The highest BCUT2D eigenvalue weighted by atomic mass is 19.1. The summed E-state index contributed by atoms with van der Waals surface area (Å²) in [5.74, 6) is 0.737. The zero-order chi connectivity index (χ0) is 13.8. The van der Waals surface area contributed by atoms with Crippen molar-refractivity contribution in [2.75, 3.05) is 14.1 Å². The van der Waals surface area contributed by atoms with E-state index in [1.807, 2.05) is 6.08 Å². The molecule has 1 nitrogen and oxygen atoms in total. The first-order valence-corrected chi connectivity index (χ1v) is 7.03. The summed E-state index contributed by atoms with van der Waals surface area (Å²) in [5, 5.41) is 0. The van der Waals surface area contributed by atoms with E-state index in [2.05, 4.69) is 32.8 Å². The van der Waals surface area contributed by atoms with Crippen molar-refractivity contribution in [2.45, 2.75) is 58.4 Å². The van der Waals surface area contributed by atoms with Gasteiger partial charge in [-0.25, -0.2) is 4.39 Å². The Labute approximate surface area is 112 Å². The Balaban J connectivity index is 2.75. The van der Waals surface area contributed by atoms with Crippen LogP contribution in [-0.2, 0) is 0 Å². The van der Waals surface area contributed by atoms with E-state index in [4.69, 9.17) is 0 Å². The lowest BCUT2D eigenvalue weighted by Crippen LogP contribution is -2.47. The van der Waals surface area contributed by atoms with Gasteiger partial charge in [0.05, 0.1) is 5.83 Å². The third kappa shape index (κ3) is 4.24. The molecule has 0 saturated heterocycles. The molecule has 0 amide bonds. The maximum absolute atomic E-state index is 12.8. The van der Waals surface area contributed by atoms with Gasteiger partial charge in [0.15, 0.2) is 0 Å². The van der Waals surface area contributed by atoms with Gasteiger partial charge in [0.25, 0.3) is 0 Å². The SMILES string of the molecule is C/C(F)=C\C=C(/C)CC1(N(C)C)CCC(C)CC1. The number of allylic oxidation sites excluding steroid dienone is 3. The topological polar surface area (TPSA) is 3.24 Å². The highest BCUT2D eigenvalue weighted by Crippen LogP contribution is 2.39. The lowest BCUT2D eigenvalue weighted by atomic mass is 9.73. The number of hydrogen-bond acceptors (Lipinski definition) is 1. The highest BCUT2D eigenvalue weighted by Gasteiger charge is 2.35. The second-order valence-electron chi connectivity index (χ2n) is 6.24. The third-order valence-corrected chi connectivity index (χ3v) is 4.36. The summed E-state index contributed by atoms with van der Waals surface area (Å²) < 4.78 is 12.8. The van der Waals surface area contributed by atoms with E-state index in [9.17, 15) is 4.39 Å². The van der Waals surface area contributed by atoms with Crippen molar-refractivity contribution < 1.29 is 4.39 Å². The van der Waals surface area contributed by atoms with Crippen LogP contribution in [0, 0.1) is 5.92 Å². The zero-order valence-electron chi connectivity index (χ0n) is 12.6. The van der Waals surface area contributed by atoms with E-state index in [1.54, 1.807) is 6.08 Å². The van der Waals surface area contributed by atoms with Crippen LogP contribution in [0.3, 0.4) is 0 Å². The molecule has 104 valence electrons. The molecule has 0 radical (unpaired) electrons. The van der Waals surface area contributed by atoms with Gasteiger partial charge >= 0.3 is 0 Å². The average Bonchev–Trinajstić information content (AvgIpc) is 2.29. The lowest BCUT2D eigenvalue weighted by Gasteiger charge is -2.45. The van der Waals surface area contributed by atoms with E-state index in [0.717, 1.165) is 12.3 Å². The van der Waals surface area contributed by atoms with Gasteiger partial charge in [0.2, 0.25) is 0 Å². The van der Waals surface area contributed by atoms with E-state index < -0.39 is 0 Å². The summed E-state index contributed by atoms with van der Waals surface area (Å²) in [7, 11) is 4.36. The van der Waals surface area contributed by atoms with E-state index in [-0.39, 0.29) is 11.4 Å². The molecule has 0 unspecified atom stereocenters. The summed E-state index contributed by atoms with van der Waals surface area (Å²) in [6.45, 7) is 5.95. The Hall–Kier alpha value is -0.630. The van der Waals surface area contributed by atoms with Crippen LogP contribution in [0.2, 0.25) is 0 Å². The summed E-state index contributed by atoms with van der Waals surface area (Å²) >= 11 is 0. The van der Waals surface area contributed by atoms with Crippen molar-refractivity contribution in [1.82, 2.24) is 4.90 Å². The maximum atomic E-state index is 12.8. The predicted molar refractivity (Wildman–Crippen MR) is 77.3 cm³/mol. The lowest BCUT2D eigenvalue weighted by molar-refractivity contribution is 0.0830. The first-order chi connectivity index (χ1) is 8.35. The van der Waals surface area contributed by atoms with E-state index >= 15 is 0 Å². The Bertz CT molecular complexity index is 316. The van der Waals surface area contributed by atoms with Gasteiger partial charge in [-0.15, -0.1) is 0 Å². The summed E-state index contributed by atoms with van der Waals surface area (Å²) in [4.78, 5) is 2.38. The van der Waals surface area contributed by atoms with Crippen LogP contribution in [0.15, 0.2) is 23.6 Å². The summed E-state index contributed by atoms with van der Waals surface area (Å²) in [6, 6.07) is 0. The van der Waals surface area contributed by atoms with Crippen LogP contribution >= 0.6 is 0 Å². The maximum Gasteiger partial charge on any atom is 0.0968 e. The monoisotopic (exact) mass is 253 g/mol. The first kappa shape index (κ1) is 15.4. The molecule has 0 N–H and O–H groups in total. The Morgan fingerprint density at radius 2 is 1.78 bits per heavy atom. The molecule has 2 heteroatoms. The molecule has 1 rings (SSSR count). The van der Waals surface area contributed by atoms with Crippen LogP contribution in [0.5, 0.6) is 0 Å². The van der Waals surface area contributed by atoms with Crippen molar-refractivity contribution in [1.29, 1.82) is 0 Å². The second-order valence-corrected chi connectivity index (χ2v) is 6.24. The van der Waals surface area contributed by atoms with Crippen molar-refractivity contribution in [3.8, 4) is 0 Å². The van der Waals surface area contributed by atoms with Crippen molar-refractivity contribution in [2.24, 2.45) is 5.92 Å². The number of nitrogens with zero attached hydrogens (tertiary/aromatic N) is 1. The number of halogens is 1. The molecule has 1 saturated carbocycles. The Morgan fingerprint density at radius 3 is 2.22 bits per heavy atom. The molecule has 0 aromatic carbocycles. The predicted octanol–water partition coefficient (Wildman–Crippen LogP) is 4.71. The van der Waals surface area contributed by atoms with Crippen LogP contribution in [0.1, 0.15) is 52.9 Å². The highest BCUT2D eigenvalue weighted by molar-refractivity contribution is 5.15. The summed E-state index contributed by atoms with van der Waals surface area (Å²) in [5.41, 5.74) is 1.56. The van der Waals surface area contributed by atoms with Crippen molar-refractivity contribution in [3.05, 3.63) is 23.6 Å². The standard InChI is InChI=1S/C16H28FN/c1-13-8-10-16(11-9-13,18(4)5)12-14(2)6-7-15(3)17/h6-7,13H,8-12H2,1-5H3/b14-6+,15-7+. The molecule has 0 bridgehead atoms. The minimum atomic E-state index is -0.120. The second kappa shape index (κ2) is 6.51. The fourth-order valence-electron chi connectivity index (χ4n) is 2.92. The molecule has 0 aromatic heterocycles. The molecule has 18 heavy (non-hydrogen) atoms. The summed E-state index contributed by atoms with van der Waals surface area (Å²) in [6.07, 6.45) is 9.68. The molecule has 1 aliphatic carbocycles. The number of hydrogen-bond donors (Lipinski definition) is 0. The van der Waals surface area contributed by atoms with Gasteiger partial charge < -0.3 is 4.90 Å². The molecular formula is C16H28FN. The van der Waals surface area contributed by atoms with Gasteiger partial charge in [0, 0.05) is 5.54 Å². The zero-order valence-corrected chi connectivity index (χ0v) is 12.6. The molecular weight excluding hydrogens is 225 g/mol. The molecule has 0 aliphatic heterocycles. The van der Waals surface area contributed by atoms with Gasteiger partial charge in [-0.3, -0.25) is 0 Å². The average molecular weight is 253 g/mol. The Morgan fingerprint density at radius 1 is 1.22 bits per heavy atom. The molecule has 1 fully saturated rings. The van der Waals surface area contributed by atoms with Gasteiger partial charge in [0.1, 0.15) is 0 Å². The fourth-order valence-corrected chi connectivity index (χ4v) is 2.92. The smallest absolute Gasteiger partial charge is 0.0968 e. The quantitative estimate of drug-likeness (QED) is 0.656. The van der Waals surface area contributed by atoms with Crippen LogP contribution in [-0.4, -0.2) is 24.5 Å². The van der Waals surface area contributed by atoms with E-state index in [1.165, 1.54) is 38.2 Å². The van der Waals surface area contributed by atoms with Crippen LogP contribution < -0.4 is 0 Å². The largest absolute Gasteiger partial charge is 0.303 e. The first-order valence-electron chi connectivity index (χ1n) is 7.03. The Kier molecular flexibility index (Phi) is 5.58. The normalized spacial score (nSPS) is 30.9. The third-order valence-electron chi connectivity index (χ3n) is 4.36. The van der Waals surface area contributed by atoms with Crippen LogP contribution in [0.4, 0.5) is 4.39 Å². The molecule has 1 aliphatic rings. The minimum Gasteiger partial charge on any atom is -0.303 e. The van der Waals surface area contributed by atoms with Crippen LogP contribution in [0.25, 0.3) is 0 Å². The molecule has 0 atom stereocenters. The fraction of sp³-hybridized carbons (Fsp3) is 0.750. The molecule has 0 aromatic rings. The number of rotatable bonds is 4. The minimum absolute atomic E-state index is 0.120. The van der Waals surface area contributed by atoms with Crippen molar-refractivity contribution >= 4 is 0 Å². The van der Waals surface area contributed by atoms with Crippen molar-refractivity contribution in [3.63, 3.8) is 0 Å². The van der Waals surface area contributed by atoms with E-state index in [0.29, 0.717) is 0 Å².